The molecule has 0 saturated carbocycles. The van der Waals surface area contributed by atoms with E-state index in [0.29, 0.717) is 87.5 Å². The van der Waals surface area contributed by atoms with E-state index in [4.69, 9.17) is 0 Å². The molecule has 16 nitrogen and oxygen atoms in total. The second-order valence-corrected chi connectivity index (χ2v) is 12.3. The molecule has 1 aliphatic rings. The second kappa shape index (κ2) is 18.2. The van der Waals surface area contributed by atoms with Crippen LogP contribution in [0, 0.1) is 0 Å². The zero-order valence-corrected chi connectivity index (χ0v) is 29.3. The molecule has 0 aromatic carbocycles. The van der Waals surface area contributed by atoms with Gasteiger partial charge in [-0.25, -0.2) is 0 Å². The summed E-state index contributed by atoms with van der Waals surface area (Å²) < 4.78 is 2.50. The number of hydrogen-bond acceptors (Lipinski definition) is 12. The summed E-state index contributed by atoms with van der Waals surface area (Å²) in [7, 11) is 0. The van der Waals surface area contributed by atoms with Crippen molar-refractivity contribution in [3.8, 4) is 0 Å². The van der Waals surface area contributed by atoms with E-state index in [0.717, 1.165) is 0 Å². The van der Waals surface area contributed by atoms with Crippen LogP contribution in [0.1, 0.15) is 43.5 Å². The third-order valence-corrected chi connectivity index (χ3v) is 8.87. The Kier molecular flexibility index (Phi) is 13.8. The highest BCUT2D eigenvalue weighted by Gasteiger charge is 2.24. The molecule has 0 spiro atoms. The van der Waals surface area contributed by atoms with Crippen molar-refractivity contribution in [1.29, 1.82) is 0 Å². The third kappa shape index (κ3) is 10.2. The Morgan fingerprint density at radius 1 is 0.471 bits per heavy atom. The summed E-state index contributed by atoms with van der Waals surface area (Å²) >= 11 is 0. The zero-order valence-electron chi connectivity index (χ0n) is 29.3. The lowest BCUT2D eigenvalue weighted by molar-refractivity contribution is 0.0726. The average Bonchev–Trinajstić information content (AvgIpc) is 3.11. The highest BCUT2D eigenvalue weighted by atomic mass is 16.5. The van der Waals surface area contributed by atoms with E-state index in [1.165, 1.54) is 24.3 Å². The van der Waals surface area contributed by atoms with Crippen molar-refractivity contribution in [3.05, 3.63) is 137 Å². The van der Waals surface area contributed by atoms with Crippen molar-refractivity contribution in [1.82, 2.24) is 38.5 Å². The predicted octanol–water partition coefficient (Wildman–Crippen LogP) is 1.02. The van der Waals surface area contributed by atoms with Gasteiger partial charge in [0, 0.05) is 102 Å². The summed E-state index contributed by atoms with van der Waals surface area (Å²) in [6.45, 7) is 10.2. The lowest BCUT2D eigenvalue weighted by Crippen LogP contribution is -2.49. The molecule has 51 heavy (non-hydrogen) atoms. The summed E-state index contributed by atoms with van der Waals surface area (Å²) in [4.78, 5) is 57.2. The summed E-state index contributed by atoms with van der Waals surface area (Å²) in [6.07, 6.45) is 0. The molecule has 5 rings (SSSR count). The van der Waals surface area contributed by atoms with Crippen LogP contribution < -0.4 is 22.2 Å². The topological polar surface area (TPSA) is 182 Å². The van der Waals surface area contributed by atoms with Crippen LogP contribution in [0.25, 0.3) is 0 Å². The van der Waals surface area contributed by atoms with E-state index >= 15 is 0 Å². The Labute approximate surface area is 294 Å². The van der Waals surface area contributed by atoms with Gasteiger partial charge in [-0.3, -0.25) is 38.8 Å². The molecule has 1 aliphatic heterocycles. The Hall–Kier alpha value is -5.16. The summed E-state index contributed by atoms with van der Waals surface area (Å²) in [6, 6.07) is 17.9. The molecule has 5 heterocycles. The first-order valence-electron chi connectivity index (χ1n) is 17.0. The van der Waals surface area contributed by atoms with Gasteiger partial charge < -0.3 is 20.8 Å². The van der Waals surface area contributed by atoms with Crippen LogP contribution in [0.4, 0.5) is 0 Å². The maximum Gasteiger partial charge on any atom is 0.283 e. The number of hydrogen-bond donors (Lipinski definition) is 4. The molecule has 0 amide bonds. The number of rotatable bonds is 8. The molecule has 1 fully saturated rings. The molecule has 276 valence electrons. The van der Waals surface area contributed by atoms with Crippen LogP contribution in [-0.2, 0) is 26.2 Å². The maximum atomic E-state index is 12.2. The fraction of sp³-hybridized carbons (Fsp3) is 0.429. The normalized spacial score (nSPS) is 17.2. The Morgan fingerprint density at radius 3 is 1.14 bits per heavy atom. The Morgan fingerprint density at radius 2 is 0.765 bits per heavy atom. The van der Waals surface area contributed by atoms with Crippen molar-refractivity contribution < 1.29 is 20.8 Å². The summed E-state index contributed by atoms with van der Waals surface area (Å²) in [5.74, 6) is 0. The van der Waals surface area contributed by atoms with Gasteiger partial charge in [-0.15, -0.1) is 0 Å². The van der Waals surface area contributed by atoms with Crippen LogP contribution in [0.2, 0.25) is 0 Å². The van der Waals surface area contributed by atoms with E-state index in [2.05, 4.69) is 19.6 Å². The molecular weight excluding hydrogens is 660 g/mol. The molecule has 0 aliphatic carbocycles. The summed E-state index contributed by atoms with van der Waals surface area (Å²) in [5.41, 5.74) is -0.614. The van der Waals surface area contributed by atoms with Crippen LogP contribution in [0.15, 0.2) is 92.0 Å². The van der Waals surface area contributed by atoms with Gasteiger partial charge in [-0.1, -0.05) is 38.1 Å². The number of aromatic nitrogens is 4. The number of nitrogens with zero attached hydrogens (tertiary/aromatic N) is 8. The first-order chi connectivity index (χ1) is 24.5. The minimum Gasteiger partial charge on any atom is -0.425 e. The lowest BCUT2D eigenvalue weighted by atomic mass is 10.2. The molecule has 0 radical (unpaired) electrons. The monoisotopic (exact) mass is 708 g/mol. The van der Waals surface area contributed by atoms with Crippen molar-refractivity contribution in [2.24, 2.45) is 0 Å². The predicted molar refractivity (Wildman–Crippen MR) is 189 cm³/mol. The standard InChI is InChI=1S/C33H42N8O8.C2H6/c1-25-20-36(23-28-8-4-12-32(44)40(28)48)17-16-34(21-26-6-2-10-30(42)38(26)46)14-15-35(22-27-7-3-11-31(43)39(27)47)18-19-37(25)24-29-9-5-13-33(45)41(29)49;1-2/h2-13,25,46-49H,14-24H2,1H3;1-2H3. The van der Waals surface area contributed by atoms with E-state index in [9.17, 15) is 40.0 Å². The van der Waals surface area contributed by atoms with Crippen LogP contribution in [0.3, 0.4) is 0 Å². The van der Waals surface area contributed by atoms with Gasteiger partial charge in [0.15, 0.2) is 0 Å². The molecule has 16 heteroatoms. The molecule has 4 aromatic heterocycles. The highest BCUT2D eigenvalue weighted by Crippen LogP contribution is 2.14. The molecular formula is C35H48N8O8. The van der Waals surface area contributed by atoms with E-state index in [-0.39, 0.29) is 32.2 Å². The molecule has 1 unspecified atom stereocenters. The SMILES string of the molecule is CC.CC1CN(Cc2cccc(=O)n2O)CCN(Cc2cccc(=O)n2O)CCN(Cc2cccc(=O)n2O)CCN1Cc1cccc(=O)n1O. The smallest absolute Gasteiger partial charge is 0.283 e. The lowest BCUT2D eigenvalue weighted by Gasteiger charge is -2.37. The zero-order chi connectivity index (χ0) is 37.1. The summed E-state index contributed by atoms with van der Waals surface area (Å²) in [5, 5.41) is 41.9. The van der Waals surface area contributed by atoms with Crippen molar-refractivity contribution in [2.75, 3.05) is 45.8 Å². The van der Waals surface area contributed by atoms with Crippen LogP contribution in [0.5, 0.6) is 0 Å². The van der Waals surface area contributed by atoms with Crippen molar-refractivity contribution in [2.45, 2.75) is 53.0 Å². The first kappa shape index (κ1) is 38.6. The quantitative estimate of drug-likeness (QED) is 0.191. The second-order valence-electron chi connectivity index (χ2n) is 12.3. The van der Waals surface area contributed by atoms with Gasteiger partial charge in [0.2, 0.25) is 0 Å². The number of pyridine rings is 4. The van der Waals surface area contributed by atoms with Gasteiger partial charge in [-0.2, -0.15) is 18.9 Å². The molecule has 0 bridgehead atoms. The van der Waals surface area contributed by atoms with E-state index in [1.807, 2.05) is 20.8 Å². The van der Waals surface area contributed by atoms with Crippen molar-refractivity contribution >= 4 is 0 Å². The van der Waals surface area contributed by atoms with Gasteiger partial charge in [-0.05, 0) is 31.2 Å². The van der Waals surface area contributed by atoms with Gasteiger partial charge >= 0.3 is 0 Å². The van der Waals surface area contributed by atoms with E-state index < -0.39 is 22.2 Å². The average molecular weight is 709 g/mol. The minimum atomic E-state index is -0.551. The fourth-order valence-corrected chi connectivity index (χ4v) is 6.03. The Bertz CT molecular complexity index is 1970. The third-order valence-electron chi connectivity index (χ3n) is 8.87. The van der Waals surface area contributed by atoms with Gasteiger partial charge in [0.25, 0.3) is 22.2 Å². The van der Waals surface area contributed by atoms with Crippen molar-refractivity contribution in [3.63, 3.8) is 0 Å². The van der Waals surface area contributed by atoms with Crippen LogP contribution in [-0.4, -0.2) is 111 Å². The molecule has 4 aromatic rings. The molecule has 1 atom stereocenters. The Balaban J connectivity index is 0.00000286. The van der Waals surface area contributed by atoms with Gasteiger partial charge in [0.05, 0.1) is 22.8 Å². The maximum absolute atomic E-state index is 12.2. The highest BCUT2D eigenvalue weighted by molar-refractivity contribution is 5.09. The fourth-order valence-electron chi connectivity index (χ4n) is 6.03. The minimum absolute atomic E-state index is 0.169. The molecule has 1 saturated heterocycles. The largest absolute Gasteiger partial charge is 0.425 e. The van der Waals surface area contributed by atoms with Gasteiger partial charge in [0.1, 0.15) is 0 Å². The van der Waals surface area contributed by atoms with Crippen LogP contribution >= 0.6 is 0 Å². The first-order valence-corrected chi connectivity index (χ1v) is 17.0. The molecule has 4 N–H and O–H groups in total. The van der Waals surface area contributed by atoms with E-state index in [1.54, 1.807) is 48.5 Å².